The monoisotopic (exact) mass is 260 g/mol. The zero-order chi connectivity index (χ0) is 13.2. The molecule has 0 unspecified atom stereocenters. The molecule has 2 saturated carbocycles. The van der Waals surface area contributed by atoms with Gasteiger partial charge in [-0.3, -0.25) is 4.79 Å². The molecule has 19 heavy (non-hydrogen) atoms. The summed E-state index contributed by atoms with van der Waals surface area (Å²) in [6.07, 6.45) is 7.51. The van der Waals surface area contributed by atoms with Gasteiger partial charge in [-0.2, -0.15) is 0 Å². The van der Waals surface area contributed by atoms with Crippen LogP contribution in [0.4, 0.5) is 0 Å². The van der Waals surface area contributed by atoms with Gasteiger partial charge in [0.2, 0.25) is 0 Å². The summed E-state index contributed by atoms with van der Waals surface area (Å²) in [4.78, 5) is 10.9. The van der Waals surface area contributed by atoms with E-state index in [1.807, 2.05) is 0 Å². The van der Waals surface area contributed by atoms with Gasteiger partial charge < -0.3 is 9.47 Å². The van der Waals surface area contributed by atoms with Crippen molar-refractivity contribution in [3.8, 4) is 11.5 Å². The van der Waals surface area contributed by atoms with E-state index >= 15 is 0 Å². The summed E-state index contributed by atoms with van der Waals surface area (Å²) in [5, 5.41) is 0. The number of aldehydes is 1. The van der Waals surface area contributed by atoms with Gasteiger partial charge in [0.15, 0.2) is 11.5 Å². The maximum Gasteiger partial charge on any atom is 0.162 e. The average molecular weight is 260 g/mol. The molecule has 3 heteroatoms. The van der Waals surface area contributed by atoms with Crippen LogP contribution in [-0.4, -0.2) is 19.5 Å². The van der Waals surface area contributed by atoms with Gasteiger partial charge in [-0.25, -0.2) is 0 Å². The van der Waals surface area contributed by atoms with E-state index in [2.05, 4.69) is 0 Å². The molecule has 2 aliphatic carbocycles. The summed E-state index contributed by atoms with van der Waals surface area (Å²) in [7, 11) is 1.63. The second-order valence-electron chi connectivity index (χ2n) is 5.78. The molecule has 0 spiro atoms. The van der Waals surface area contributed by atoms with Crippen molar-refractivity contribution in [1.82, 2.24) is 0 Å². The minimum Gasteiger partial charge on any atom is -0.493 e. The number of methoxy groups -OCH3 is 1. The number of benzene rings is 1. The third kappa shape index (κ3) is 2.60. The summed E-state index contributed by atoms with van der Waals surface area (Å²) in [5.41, 5.74) is 0.634. The molecule has 3 nitrogen and oxygen atoms in total. The Morgan fingerprint density at radius 1 is 1.11 bits per heavy atom. The zero-order valence-corrected chi connectivity index (χ0v) is 11.3. The van der Waals surface area contributed by atoms with Gasteiger partial charge in [-0.15, -0.1) is 0 Å². The smallest absolute Gasteiger partial charge is 0.162 e. The lowest BCUT2D eigenvalue weighted by molar-refractivity contribution is 0.110. The molecule has 0 aromatic heterocycles. The second kappa shape index (κ2) is 5.24. The van der Waals surface area contributed by atoms with Gasteiger partial charge in [0.25, 0.3) is 0 Å². The molecule has 2 atom stereocenters. The van der Waals surface area contributed by atoms with Crippen molar-refractivity contribution in [2.24, 2.45) is 11.8 Å². The van der Waals surface area contributed by atoms with Crippen LogP contribution in [0.3, 0.4) is 0 Å². The van der Waals surface area contributed by atoms with E-state index in [0.717, 1.165) is 31.0 Å². The number of fused-ring (bicyclic) bond motifs is 2. The lowest BCUT2D eigenvalue weighted by atomic mass is 9.87. The highest BCUT2D eigenvalue weighted by Crippen LogP contribution is 2.43. The normalized spacial score (nSPS) is 29.0. The van der Waals surface area contributed by atoms with Crippen molar-refractivity contribution < 1.29 is 14.3 Å². The maximum absolute atomic E-state index is 10.9. The van der Waals surface area contributed by atoms with Gasteiger partial charge >= 0.3 is 0 Å². The summed E-state index contributed by atoms with van der Waals surface area (Å²) >= 11 is 0. The Morgan fingerprint density at radius 3 is 2.47 bits per heavy atom. The molecule has 0 heterocycles. The van der Waals surface area contributed by atoms with E-state index < -0.39 is 0 Å². The maximum atomic E-state index is 10.9. The number of carbonyl (C=O) groups excluding carboxylic acids is 1. The molecule has 1 aromatic carbocycles. The van der Waals surface area contributed by atoms with Crippen LogP contribution in [0.5, 0.6) is 11.5 Å². The van der Waals surface area contributed by atoms with E-state index in [1.165, 1.54) is 19.3 Å². The lowest BCUT2D eigenvalue weighted by Crippen LogP contribution is -2.26. The second-order valence-corrected chi connectivity index (χ2v) is 5.78. The van der Waals surface area contributed by atoms with Crippen LogP contribution in [0.15, 0.2) is 18.2 Å². The standard InChI is InChI=1S/C16H20O3/c1-18-15-5-4-13(10-17)9-16(15)19-14-7-11-2-3-12(6-11)8-14/h4-5,9-12,14H,2-3,6-8H2,1H3/t11-,12-/m0/s1. The molecule has 0 aliphatic heterocycles. The first-order valence-electron chi connectivity index (χ1n) is 7.08. The summed E-state index contributed by atoms with van der Waals surface area (Å²) in [6.45, 7) is 0. The molecule has 2 aliphatic rings. The first-order chi connectivity index (χ1) is 9.28. The van der Waals surface area contributed by atoms with E-state index in [4.69, 9.17) is 9.47 Å². The van der Waals surface area contributed by atoms with E-state index in [9.17, 15) is 4.79 Å². The molecule has 1 aromatic rings. The van der Waals surface area contributed by atoms with Crippen molar-refractivity contribution in [2.75, 3.05) is 7.11 Å². The molecule has 2 bridgehead atoms. The molecular weight excluding hydrogens is 240 g/mol. The van der Waals surface area contributed by atoms with Gasteiger partial charge in [-0.05, 0) is 49.3 Å². The topological polar surface area (TPSA) is 35.5 Å². The Hall–Kier alpha value is -1.51. The molecule has 0 radical (unpaired) electrons. The quantitative estimate of drug-likeness (QED) is 0.778. The van der Waals surface area contributed by atoms with Gasteiger partial charge in [0.05, 0.1) is 13.2 Å². The lowest BCUT2D eigenvalue weighted by Gasteiger charge is -2.28. The Bertz CT molecular complexity index is 457. The fourth-order valence-corrected chi connectivity index (χ4v) is 3.58. The van der Waals surface area contributed by atoms with E-state index in [1.54, 1.807) is 25.3 Å². The molecular formula is C16H20O3. The Labute approximate surface area is 113 Å². The predicted octanol–water partition coefficient (Wildman–Crippen LogP) is 3.47. The summed E-state index contributed by atoms with van der Waals surface area (Å²) in [5.74, 6) is 3.09. The van der Waals surface area contributed by atoms with Crippen molar-refractivity contribution in [3.05, 3.63) is 23.8 Å². The van der Waals surface area contributed by atoms with Crippen LogP contribution >= 0.6 is 0 Å². The highest BCUT2D eigenvalue weighted by molar-refractivity contribution is 5.76. The van der Waals surface area contributed by atoms with Crippen molar-refractivity contribution in [3.63, 3.8) is 0 Å². The summed E-state index contributed by atoms with van der Waals surface area (Å²) in [6, 6.07) is 5.34. The largest absolute Gasteiger partial charge is 0.493 e. The van der Waals surface area contributed by atoms with Gasteiger partial charge in [0.1, 0.15) is 6.29 Å². The highest BCUT2D eigenvalue weighted by atomic mass is 16.5. The minimum atomic E-state index is 0.280. The van der Waals surface area contributed by atoms with Gasteiger partial charge in [-0.1, -0.05) is 12.8 Å². The van der Waals surface area contributed by atoms with Gasteiger partial charge in [0, 0.05) is 5.56 Å². The van der Waals surface area contributed by atoms with Crippen LogP contribution in [-0.2, 0) is 0 Å². The molecule has 2 fully saturated rings. The molecule has 0 N–H and O–H groups in total. The Balaban J connectivity index is 1.76. The van der Waals surface area contributed by atoms with Crippen molar-refractivity contribution in [2.45, 2.75) is 38.2 Å². The third-order valence-electron chi connectivity index (χ3n) is 4.46. The molecule has 102 valence electrons. The van der Waals surface area contributed by atoms with Crippen LogP contribution in [0.2, 0.25) is 0 Å². The van der Waals surface area contributed by atoms with Crippen LogP contribution < -0.4 is 9.47 Å². The van der Waals surface area contributed by atoms with Crippen LogP contribution in [0.1, 0.15) is 42.5 Å². The SMILES string of the molecule is COc1ccc(C=O)cc1OC1C[C@H]2CC[C@H](C1)C2. The van der Waals surface area contributed by atoms with E-state index in [0.29, 0.717) is 17.1 Å². The van der Waals surface area contributed by atoms with Crippen molar-refractivity contribution >= 4 is 6.29 Å². The third-order valence-corrected chi connectivity index (χ3v) is 4.46. The molecule has 3 rings (SSSR count). The number of ether oxygens (including phenoxy) is 2. The fraction of sp³-hybridized carbons (Fsp3) is 0.562. The summed E-state index contributed by atoms with van der Waals surface area (Å²) < 4.78 is 11.4. The first kappa shape index (κ1) is 12.5. The number of carbonyl (C=O) groups is 1. The van der Waals surface area contributed by atoms with Crippen molar-refractivity contribution in [1.29, 1.82) is 0 Å². The number of rotatable bonds is 4. The average Bonchev–Trinajstić information content (AvgIpc) is 2.78. The molecule has 0 saturated heterocycles. The Morgan fingerprint density at radius 2 is 1.84 bits per heavy atom. The van der Waals surface area contributed by atoms with E-state index in [-0.39, 0.29) is 6.10 Å². The first-order valence-corrected chi connectivity index (χ1v) is 7.08. The predicted molar refractivity (Wildman–Crippen MR) is 72.9 cm³/mol. The number of hydrogen-bond acceptors (Lipinski definition) is 3. The highest BCUT2D eigenvalue weighted by Gasteiger charge is 2.35. The zero-order valence-electron chi connectivity index (χ0n) is 11.3. The minimum absolute atomic E-state index is 0.280. The van der Waals surface area contributed by atoms with Crippen LogP contribution in [0, 0.1) is 11.8 Å². The molecule has 0 amide bonds. The van der Waals surface area contributed by atoms with Crippen LogP contribution in [0.25, 0.3) is 0 Å². The number of hydrogen-bond donors (Lipinski definition) is 0. The fourth-order valence-electron chi connectivity index (χ4n) is 3.58. The Kier molecular flexibility index (Phi) is 3.45.